The number of aliphatic hydroxyl groups excluding tert-OH is 1. The largest absolute Gasteiger partial charge is 0.465 e. The van der Waals surface area contributed by atoms with E-state index in [2.05, 4.69) is 31.2 Å². The highest BCUT2D eigenvalue weighted by atomic mass is 79.9. The number of likely N-dealkylation sites (tertiary alicyclic amines) is 1. The number of pyridine rings is 2. The van der Waals surface area contributed by atoms with Crippen molar-refractivity contribution in [1.82, 2.24) is 14.9 Å². The lowest BCUT2D eigenvalue weighted by Crippen LogP contribution is -2.33. The van der Waals surface area contributed by atoms with Gasteiger partial charge in [0.2, 0.25) is 0 Å². The third-order valence-electron chi connectivity index (χ3n) is 3.48. The van der Waals surface area contributed by atoms with Crippen LogP contribution >= 0.6 is 15.9 Å². The van der Waals surface area contributed by atoms with Gasteiger partial charge < -0.3 is 20.4 Å². The number of β-amino-alcohol motifs (C(OH)–C–C–N with tert-alkyl or cyclic N) is 1. The van der Waals surface area contributed by atoms with Gasteiger partial charge in [0.1, 0.15) is 5.82 Å². The molecule has 1 aliphatic rings. The van der Waals surface area contributed by atoms with Gasteiger partial charge in [-0.15, -0.1) is 0 Å². The van der Waals surface area contributed by atoms with Gasteiger partial charge in [0, 0.05) is 24.3 Å². The number of aliphatic hydroxyl groups is 1. The second-order valence-electron chi connectivity index (χ2n) is 4.86. The summed E-state index contributed by atoms with van der Waals surface area (Å²) in [6.45, 7) is 0.315. The monoisotopic (exact) mass is 352 g/mol. The average molecular weight is 353 g/mol. The van der Waals surface area contributed by atoms with E-state index in [9.17, 15) is 9.90 Å². The zero-order valence-electron chi connectivity index (χ0n) is 10.9. The summed E-state index contributed by atoms with van der Waals surface area (Å²) in [5, 5.41) is 22.9. The standard InChI is InChI=1S/C13H13BrN4O3/c14-8-4-16-12(7-2-1-3-15-11(7)8)17-9-5-18(13(20)21)6-10(9)19/h1-4,9-10,19H,5-6H2,(H,16,17)(H,20,21)/t9-,10+/m1/s1. The normalized spacial score (nSPS) is 21.7. The fourth-order valence-corrected chi connectivity index (χ4v) is 2.83. The quantitative estimate of drug-likeness (QED) is 0.757. The highest BCUT2D eigenvalue weighted by Gasteiger charge is 2.34. The van der Waals surface area contributed by atoms with Crippen molar-refractivity contribution in [2.24, 2.45) is 0 Å². The minimum Gasteiger partial charge on any atom is -0.465 e. The first-order chi connectivity index (χ1) is 10.1. The number of halogens is 1. The summed E-state index contributed by atoms with van der Waals surface area (Å²) >= 11 is 3.40. The van der Waals surface area contributed by atoms with E-state index in [4.69, 9.17) is 5.11 Å². The molecule has 7 nitrogen and oxygen atoms in total. The van der Waals surface area contributed by atoms with E-state index in [1.165, 1.54) is 4.90 Å². The van der Waals surface area contributed by atoms with Crippen molar-refractivity contribution in [1.29, 1.82) is 0 Å². The molecule has 0 unspecified atom stereocenters. The van der Waals surface area contributed by atoms with Gasteiger partial charge in [0.25, 0.3) is 0 Å². The van der Waals surface area contributed by atoms with E-state index >= 15 is 0 Å². The number of carbonyl (C=O) groups is 1. The number of anilines is 1. The number of hydrogen-bond acceptors (Lipinski definition) is 5. The van der Waals surface area contributed by atoms with Crippen molar-refractivity contribution >= 4 is 38.7 Å². The smallest absolute Gasteiger partial charge is 0.407 e. The maximum absolute atomic E-state index is 11.0. The predicted octanol–water partition coefficient (Wildman–Crippen LogP) is 1.53. The molecule has 1 fully saturated rings. The maximum Gasteiger partial charge on any atom is 0.407 e. The SMILES string of the molecule is O=C(O)N1C[C@H](O)[C@H](Nc2ncc(Br)c3ncccc23)C1. The number of aromatic nitrogens is 2. The molecular formula is C13H13BrN4O3. The molecule has 2 aromatic heterocycles. The Morgan fingerprint density at radius 3 is 2.95 bits per heavy atom. The number of carboxylic acid groups (broad SMARTS) is 1. The Morgan fingerprint density at radius 1 is 1.43 bits per heavy atom. The molecule has 3 rings (SSSR count). The van der Waals surface area contributed by atoms with Crippen molar-refractivity contribution in [2.45, 2.75) is 12.1 Å². The number of nitrogens with zero attached hydrogens (tertiary/aromatic N) is 3. The molecule has 0 aliphatic carbocycles. The maximum atomic E-state index is 11.0. The van der Waals surface area contributed by atoms with Gasteiger partial charge in [-0.1, -0.05) is 0 Å². The summed E-state index contributed by atoms with van der Waals surface area (Å²) in [6.07, 6.45) is 1.52. The average Bonchev–Trinajstić information content (AvgIpc) is 2.84. The molecule has 21 heavy (non-hydrogen) atoms. The van der Waals surface area contributed by atoms with Crippen LogP contribution in [0.5, 0.6) is 0 Å². The van der Waals surface area contributed by atoms with E-state index in [0.29, 0.717) is 5.82 Å². The lowest BCUT2D eigenvalue weighted by Gasteiger charge is -2.17. The lowest BCUT2D eigenvalue weighted by atomic mass is 10.2. The Bertz CT molecular complexity index is 696. The topological polar surface area (TPSA) is 98.6 Å². The Labute approximate surface area is 128 Å². The summed E-state index contributed by atoms with van der Waals surface area (Å²) in [5.41, 5.74) is 0.762. The van der Waals surface area contributed by atoms with E-state index < -0.39 is 18.2 Å². The molecule has 0 bridgehead atoms. The van der Waals surface area contributed by atoms with E-state index in [1.54, 1.807) is 18.5 Å². The van der Waals surface area contributed by atoms with Gasteiger partial charge in [-0.05, 0) is 28.1 Å². The van der Waals surface area contributed by atoms with Crippen LogP contribution in [0.2, 0.25) is 0 Å². The summed E-state index contributed by atoms with van der Waals surface area (Å²) in [5.74, 6) is 0.581. The van der Waals surface area contributed by atoms with Crippen LogP contribution < -0.4 is 5.32 Å². The van der Waals surface area contributed by atoms with Gasteiger partial charge in [-0.25, -0.2) is 9.78 Å². The zero-order chi connectivity index (χ0) is 15.0. The second kappa shape index (κ2) is 5.45. The second-order valence-corrected chi connectivity index (χ2v) is 5.71. The lowest BCUT2D eigenvalue weighted by molar-refractivity contribution is 0.139. The molecule has 0 radical (unpaired) electrons. The molecule has 2 atom stereocenters. The van der Waals surface area contributed by atoms with Gasteiger partial charge in [-0.3, -0.25) is 4.98 Å². The third kappa shape index (κ3) is 2.64. The van der Waals surface area contributed by atoms with E-state index in [-0.39, 0.29) is 13.1 Å². The first-order valence-electron chi connectivity index (χ1n) is 6.38. The molecular weight excluding hydrogens is 340 g/mol. The zero-order valence-corrected chi connectivity index (χ0v) is 12.5. The fraction of sp³-hybridized carbons (Fsp3) is 0.308. The Morgan fingerprint density at radius 2 is 2.24 bits per heavy atom. The third-order valence-corrected chi connectivity index (χ3v) is 4.06. The van der Waals surface area contributed by atoms with Crippen LogP contribution in [0.3, 0.4) is 0 Å². The van der Waals surface area contributed by atoms with Crippen LogP contribution in [0, 0.1) is 0 Å². The highest BCUT2D eigenvalue weighted by Crippen LogP contribution is 2.27. The number of fused-ring (bicyclic) bond motifs is 1. The molecule has 1 amide bonds. The molecule has 8 heteroatoms. The molecule has 0 saturated carbocycles. The fourth-order valence-electron chi connectivity index (χ4n) is 2.41. The van der Waals surface area contributed by atoms with Gasteiger partial charge in [0.15, 0.2) is 0 Å². The Kier molecular flexibility index (Phi) is 3.64. The minimum atomic E-state index is -1.03. The van der Waals surface area contributed by atoms with Crippen molar-refractivity contribution in [2.75, 3.05) is 18.4 Å². The van der Waals surface area contributed by atoms with Gasteiger partial charge >= 0.3 is 6.09 Å². The molecule has 2 aromatic rings. The first-order valence-corrected chi connectivity index (χ1v) is 7.17. The van der Waals surface area contributed by atoms with Crippen molar-refractivity contribution in [3.8, 4) is 0 Å². The van der Waals surface area contributed by atoms with Crippen molar-refractivity contribution in [3.05, 3.63) is 29.0 Å². The number of nitrogens with one attached hydrogen (secondary N) is 1. The number of amides is 1. The molecule has 1 saturated heterocycles. The Balaban J connectivity index is 1.89. The molecule has 1 aliphatic heterocycles. The summed E-state index contributed by atoms with van der Waals surface area (Å²) in [7, 11) is 0. The van der Waals surface area contributed by atoms with Crippen LogP contribution in [0.4, 0.5) is 10.6 Å². The van der Waals surface area contributed by atoms with Crippen LogP contribution in [0.25, 0.3) is 10.9 Å². The van der Waals surface area contributed by atoms with E-state index in [0.717, 1.165) is 15.4 Å². The Hall–Kier alpha value is -1.93. The first kappa shape index (κ1) is 14.0. The van der Waals surface area contributed by atoms with Crippen LogP contribution in [0.15, 0.2) is 29.0 Å². The van der Waals surface area contributed by atoms with Gasteiger partial charge in [0.05, 0.1) is 28.7 Å². The summed E-state index contributed by atoms with van der Waals surface area (Å²) in [6, 6.07) is 3.29. The summed E-state index contributed by atoms with van der Waals surface area (Å²) < 4.78 is 0.780. The molecule has 110 valence electrons. The molecule has 0 aromatic carbocycles. The minimum absolute atomic E-state index is 0.0969. The predicted molar refractivity (Wildman–Crippen MR) is 80.3 cm³/mol. The van der Waals surface area contributed by atoms with Crippen LogP contribution in [0.1, 0.15) is 0 Å². The molecule has 3 N–H and O–H groups in total. The van der Waals surface area contributed by atoms with Crippen LogP contribution in [-0.2, 0) is 0 Å². The number of hydrogen-bond donors (Lipinski definition) is 3. The summed E-state index contributed by atoms with van der Waals surface area (Å²) in [4.78, 5) is 20.7. The van der Waals surface area contributed by atoms with Crippen molar-refractivity contribution in [3.63, 3.8) is 0 Å². The molecule has 0 spiro atoms. The molecule has 3 heterocycles. The highest BCUT2D eigenvalue weighted by molar-refractivity contribution is 9.10. The van der Waals surface area contributed by atoms with Gasteiger partial charge in [-0.2, -0.15) is 0 Å². The van der Waals surface area contributed by atoms with E-state index in [1.807, 2.05) is 6.07 Å². The van der Waals surface area contributed by atoms with Crippen molar-refractivity contribution < 1.29 is 15.0 Å². The number of rotatable bonds is 2. The van der Waals surface area contributed by atoms with Crippen LogP contribution in [-0.4, -0.2) is 56.4 Å².